The highest BCUT2D eigenvalue weighted by Gasteiger charge is 2.37. The number of carbonyl (C=O) groups excluding carboxylic acids is 2. The van der Waals surface area contributed by atoms with Gasteiger partial charge in [-0.1, -0.05) is 0 Å². The van der Waals surface area contributed by atoms with E-state index < -0.39 is 29.0 Å². The van der Waals surface area contributed by atoms with E-state index in [2.05, 4.69) is 15.6 Å². The van der Waals surface area contributed by atoms with Gasteiger partial charge in [0.05, 0.1) is 11.5 Å². The monoisotopic (exact) mass is 349 g/mol. The van der Waals surface area contributed by atoms with Crippen LogP contribution in [-0.4, -0.2) is 25.9 Å². The molecule has 0 radical (unpaired) electrons. The molecule has 0 bridgehead atoms. The molecule has 1 unspecified atom stereocenters. The smallest absolute Gasteiger partial charge is 0.311 e. The molecule has 0 saturated carbocycles. The van der Waals surface area contributed by atoms with E-state index in [1.54, 1.807) is 6.20 Å². The zero-order valence-corrected chi connectivity index (χ0v) is 14.1. The van der Waals surface area contributed by atoms with E-state index in [1.807, 2.05) is 6.92 Å². The van der Waals surface area contributed by atoms with Crippen LogP contribution in [0.15, 0.2) is 15.8 Å². The summed E-state index contributed by atoms with van der Waals surface area (Å²) >= 11 is 1.32. The maximum atomic E-state index is 12.3. The SMILES string of the molecule is Cc1cnc(NC(=O)CC2C(=O)Nc3c2c(=O)n(C)c(=O)n3C)s1. The summed E-state index contributed by atoms with van der Waals surface area (Å²) < 4.78 is 2.12. The third-order valence-corrected chi connectivity index (χ3v) is 4.69. The maximum Gasteiger partial charge on any atom is 0.332 e. The van der Waals surface area contributed by atoms with E-state index in [1.165, 1.54) is 30.0 Å². The van der Waals surface area contributed by atoms with Crippen LogP contribution < -0.4 is 21.9 Å². The average Bonchev–Trinajstić information content (AvgIpc) is 3.07. The van der Waals surface area contributed by atoms with Gasteiger partial charge in [0.25, 0.3) is 5.56 Å². The fourth-order valence-electron chi connectivity index (χ4n) is 2.63. The lowest BCUT2D eigenvalue weighted by Crippen LogP contribution is -2.39. The first kappa shape index (κ1) is 16.1. The Morgan fingerprint density at radius 2 is 2.04 bits per heavy atom. The first-order valence-electron chi connectivity index (χ1n) is 7.12. The van der Waals surface area contributed by atoms with Gasteiger partial charge in [0.2, 0.25) is 11.8 Å². The topological polar surface area (TPSA) is 115 Å². The number of hydrogen-bond acceptors (Lipinski definition) is 6. The molecule has 3 heterocycles. The molecule has 24 heavy (non-hydrogen) atoms. The summed E-state index contributed by atoms with van der Waals surface area (Å²) in [5.74, 6) is -1.69. The molecular formula is C14H15N5O4S. The fraction of sp³-hybridized carbons (Fsp3) is 0.357. The van der Waals surface area contributed by atoms with Crippen molar-refractivity contribution in [3.8, 4) is 0 Å². The summed E-state index contributed by atoms with van der Waals surface area (Å²) in [7, 11) is 2.80. The minimum absolute atomic E-state index is 0.134. The molecule has 1 aliphatic heterocycles. The van der Waals surface area contributed by atoms with Crippen molar-refractivity contribution in [1.29, 1.82) is 0 Å². The van der Waals surface area contributed by atoms with Gasteiger partial charge in [-0.3, -0.25) is 23.5 Å². The molecule has 3 rings (SSSR count). The van der Waals surface area contributed by atoms with E-state index in [0.29, 0.717) is 5.13 Å². The number of thiazole rings is 1. The maximum absolute atomic E-state index is 12.3. The number of amides is 2. The molecule has 10 heteroatoms. The van der Waals surface area contributed by atoms with Gasteiger partial charge >= 0.3 is 5.69 Å². The zero-order chi connectivity index (χ0) is 17.6. The number of carbonyl (C=O) groups is 2. The Bertz CT molecular complexity index is 971. The van der Waals surface area contributed by atoms with Gasteiger partial charge in [-0.2, -0.15) is 0 Å². The van der Waals surface area contributed by atoms with Crippen molar-refractivity contribution in [1.82, 2.24) is 14.1 Å². The summed E-state index contributed by atoms with van der Waals surface area (Å²) in [6.45, 7) is 1.86. The highest BCUT2D eigenvalue weighted by Crippen LogP contribution is 2.31. The van der Waals surface area contributed by atoms with Gasteiger partial charge in [0.1, 0.15) is 5.82 Å². The van der Waals surface area contributed by atoms with Crippen molar-refractivity contribution in [2.45, 2.75) is 19.3 Å². The highest BCUT2D eigenvalue weighted by molar-refractivity contribution is 7.15. The number of anilines is 2. The molecular weight excluding hydrogens is 334 g/mol. The van der Waals surface area contributed by atoms with Crippen molar-refractivity contribution in [2.24, 2.45) is 14.1 Å². The lowest BCUT2D eigenvalue weighted by atomic mass is 9.99. The van der Waals surface area contributed by atoms with E-state index in [9.17, 15) is 19.2 Å². The molecule has 126 valence electrons. The third-order valence-electron chi connectivity index (χ3n) is 3.86. The Hall–Kier alpha value is -2.75. The predicted octanol–water partition coefficient (Wildman–Crippen LogP) is -0.0866. The molecule has 0 aromatic carbocycles. The van der Waals surface area contributed by atoms with Gasteiger partial charge < -0.3 is 10.6 Å². The second-order valence-corrected chi connectivity index (χ2v) is 6.77. The van der Waals surface area contributed by atoms with Gasteiger partial charge in [0, 0.05) is 31.6 Å². The van der Waals surface area contributed by atoms with E-state index >= 15 is 0 Å². The molecule has 0 spiro atoms. The first-order chi connectivity index (χ1) is 11.3. The summed E-state index contributed by atoms with van der Waals surface area (Å²) in [5, 5.41) is 5.56. The van der Waals surface area contributed by atoms with Crippen molar-refractivity contribution in [3.63, 3.8) is 0 Å². The van der Waals surface area contributed by atoms with Crippen molar-refractivity contribution < 1.29 is 9.59 Å². The highest BCUT2D eigenvalue weighted by atomic mass is 32.1. The summed E-state index contributed by atoms with van der Waals surface area (Å²) in [6, 6.07) is 0. The van der Waals surface area contributed by atoms with E-state index in [-0.39, 0.29) is 17.8 Å². The van der Waals surface area contributed by atoms with Gasteiger partial charge in [-0.05, 0) is 6.92 Å². The second-order valence-electron chi connectivity index (χ2n) is 5.54. The van der Waals surface area contributed by atoms with Gasteiger partial charge in [-0.15, -0.1) is 11.3 Å². The number of nitrogens with zero attached hydrogens (tertiary/aromatic N) is 3. The zero-order valence-electron chi connectivity index (χ0n) is 13.2. The van der Waals surface area contributed by atoms with Crippen LogP contribution in [0.5, 0.6) is 0 Å². The Labute approximate surface area is 140 Å². The minimum Gasteiger partial charge on any atom is -0.311 e. The third kappa shape index (κ3) is 2.54. The van der Waals surface area contributed by atoms with Crippen molar-refractivity contribution >= 4 is 34.1 Å². The van der Waals surface area contributed by atoms with E-state index in [4.69, 9.17) is 0 Å². The molecule has 0 fully saturated rings. The molecule has 2 N–H and O–H groups in total. The van der Waals surface area contributed by atoms with Gasteiger partial charge in [-0.25, -0.2) is 9.78 Å². The summed E-state index contributed by atoms with van der Waals surface area (Å²) in [4.78, 5) is 53.6. The number of hydrogen-bond donors (Lipinski definition) is 2. The van der Waals surface area contributed by atoms with Crippen LogP contribution in [0, 0.1) is 6.92 Å². The fourth-order valence-corrected chi connectivity index (χ4v) is 3.31. The first-order valence-corrected chi connectivity index (χ1v) is 7.94. The van der Waals surface area contributed by atoms with Crippen molar-refractivity contribution in [2.75, 3.05) is 10.6 Å². The second kappa shape index (κ2) is 5.71. The largest absolute Gasteiger partial charge is 0.332 e. The Morgan fingerprint density at radius 1 is 1.33 bits per heavy atom. The van der Waals surface area contributed by atoms with Gasteiger partial charge in [0.15, 0.2) is 5.13 Å². The number of nitrogens with one attached hydrogen (secondary N) is 2. The quantitative estimate of drug-likeness (QED) is 0.804. The predicted molar refractivity (Wildman–Crippen MR) is 88.4 cm³/mol. The standard InChI is InChI=1S/C14H15N5O4S/c1-6-5-15-13(24-6)16-8(20)4-7-9-10(17-11(7)21)18(2)14(23)19(3)12(9)22/h5,7H,4H2,1-3H3,(H,17,21)(H,15,16,20). The Balaban J connectivity index is 1.91. The molecule has 2 aromatic heterocycles. The molecule has 9 nitrogen and oxygen atoms in total. The van der Waals surface area contributed by atoms with Crippen molar-refractivity contribution in [3.05, 3.63) is 37.5 Å². The Morgan fingerprint density at radius 3 is 2.67 bits per heavy atom. The molecule has 2 amide bonds. The van der Waals surface area contributed by atoms with Crippen LogP contribution in [0.1, 0.15) is 22.8 Å². The van der Waals surface area contributed by atoms with Crippen LogP contribution in [0.2, 0.25) is 0 Å². The van der Waals surface area contributed by atoms with Crippen LogP contribution in [0.3, 0.4) is 0 Å². The molecule has 1 atom stereocenters. The van der Waals surface area contributed by atoms with Crippen LogP contribution in [0.4, 0.5) is 10.9 Å². The number of aryl methyl sites for hydroxylation is 1. The minimum atomic E-state index is -0.938. The average molecular weight is 349 g/mol. The molecule has 1 aliphatic rings. The van der Waals surface area contributed by atoms with Crippen LogP contribution in [0.25, 0.3) is 0 Å². The number of rotatable bonds is 3. The normalized spacial score (nSPS) is 16.0. The number of aromatic nitrogens is 3. The summed E-state index contributed by atoms with van der Waals surface area (Å²) in [5.41, 5.74) is -0.980. The van der Waals surface area contributed by atoms with Crippen LogP contribution in [-0.2, 0) is 23.7 Å². The molecule has 2 aromatic rings. The Kier molecular flexibility index (Phi) is 3.84. The summed E-state index contributed by atoms with van der Waals surface area (Å²) in [6.07, 6.45) is 1.42. The van der Waals surface area contributed by atoms with E-state index in [0.717, 1.165) is 9.44 Å². The molecule has 0 aliphatic carbocycles. The van der Waals surface area contributed by atoms with Crippen LogP contribution >= 0.6 is 11.3 Å². The molecule has 0 saturated heterocycles. The lowest BCUT2D eigenvalue weighted by Gasteiger charge is -2.10. The number of fused-ring (bicyclic) bond motifs is 1. The lowest BCUT2D eigenvalue weighted by molar-refractivity contribution is -0.122.